The number of imidazole rings is 1. The molecule has 0 bridgehead atoms. The molecule has 0 saturated heterocycles. The van der Waals surface area contributed by atoms with Crippen molar-refractivity contribution in [3.63, 3.8) is 0 Å². The first-order valence-corrected chi connectivity index (χ1v) is 5.70. The number of benzene rings is 1. The van der Waals surface area contributed by atoms with E-state index in [-0.39, 0.29) is 0 Å². The second kappa shape index (κ2) is 5.61. The summed E-state index contributed by atoms with van der Waals surface area (Å²) >= 11 is 0. The molecule has 0 aliphatic carbocycles. The molecule has 2 rings (SSSR count). The monoisotopic (exact) mass is 231 g/mol. The summed E-state index contributed by atoms with van der Waals surface area (Å²) in [6.07, 6.45) is 3.24. The van der Waals surface area contributed by atoms with Crippen LogP contribution >= 0.6 is 0 Å². The summed E-state index contributed by atoms with van der Waals surface area (Å²) in [5, 5.41) is 12.7. The van der Waals surface area contributed by atoms with Gasteiger partial charge in [-0.15, -0.1) is 0 Å². The average molecular weight is 231 g/mol. The van der Waals surface area contributed by atoms with Crippen LogP contribution in [0.25, 0.3) is 11.4 Å². The molecule has 0 spiro atoms. The van der Waals surface area contributed by atoms with E-state index in [2.05, 4.69) is 10.3 Å². The molecular formula is C13H17N3O. The van der Waals surface area contributed by atoms with Gasteiger partial charge in [0.15, 0.2) is 0 Å². The van der Waals surface area contributed by atoms with Crippen molar-refractivity contribution >= 4 is 0 Å². The molecule has 2 N–H and O–H groups in total. The van der Waals surface area contributed by atoms with E-state index in [1.165, 1.54) is 0 Å². The Kier molecular flexibility index (Phi) is 3.90. The van der Waals surface area contributed by atoms with Gasteiger partial charge in [0.25, 0.3) is 0 Å². The number of nitrogens with zero attached hydrogens (tertiary/aromatic N) is 2. The number of rotatable bonds is 5. The zero-order valence-corrected chi connectivity index (χ0v) is 9.87. The Bertz CT molecular complexity index is 453. The molecular weight excluding hydrogens is 214 g/mol. The van der Waals surface area contributed by atoms with E-state index in [4.69, 9.17) is 0 Å². The molecule has 1 heterocycles. The maximum atomic E-state index is 9.78. The third-order valence-corrected chi connectivity index (χ3v) is 2.59. The minimum absolute atomic E-state index is 0.406. The normalized spacial score (nSPS) is 12.6. The van der Waals surface area contributed by atoms with Crippen LogP contribution in [0, 0.1) is 0 Å². The lowest BCUT2D eigenvalue weighted by molar-refractivity contribution is 0.154. The number of aliphatic hydroxyl groups is 1. The van der Waals surface area contributed by atoms with Crippen molar-refractivity contribution in [3.05, 3.63) is 42.7 Å². The van der Waals surface area contributed by atoms with Crippen LogP contribution in [0.4, 0.5) is 0 Å². The van der Waals surface area contributed by atoms with Crippen molar-refractivity contribution < 1.29 is 5.11 Å². The summed E-state index contributed by atoms with van der Waals surface area (Å²) in [6, 6.07) is 9.98. The second-order valence-electron chi connectivity index (χ2n) is 3.98. The molecule has 0 saturated carbocycles. The van der Waals surface area contributed by atoms with Gasteiger partial charge in [0.2, 0.25) is 0 Å². The van der Waals surface area contributed by atoms with Crippen molar-refractivity contribution in [3.8, 4) is 11.4 Å². The van der Waals surface area contributed by atoms with Gasteiger partial charge in [-0.1, -0.05) is 30.3 Å². The first kappa shape index (κ1) is 11.8. The van der Waals surface area contributed by atoms with Crippen molar-refractivity contribution in [2.24, 2.45) is 0 Å². The molecule has 4 heteroatoms. The quantitative estimate of drug-likeness (QED) is 0.811. The Morgan fingerprint density at radius 3 is 2.82 bits per heavy atom. The summed E-state index contributed by atoms with van der Waals surface area (Å²) in [5.74, 6) is 0.890. The average Bonchev–Trinajstić information content (AvgIpc) is 2.78. The summed E-state index contributed by atoms with van der Waals surface area (Å²) in [6.45, 7) is 1.12. The molecule has 1 unspecified atom stereocenters. The highest BCUT2D eigenvalue weighted by molar-refractivity contribution is 5.55. The molecule has 0 aliphatic heterocycles. The smallest absolute Gasteiger partial charge is 0.139 e. The third kappa shape index (κ3) is 2.93. The Morgan fingerprint density at radius 2 is 2.12 bits per heavy atom. The van der Waals surface area contributed by atoms with Crippen LogP contribution in [-0.4, -0.2) is 34.4 Å². The Balaban J connectivity index is 2.18. The first-order chi connectivity index (χ1) is 8.31. The maximum Gasteiger partial charge on any atom is 0.139 e. The highest BCUT2D eigenvalue weighted by atomic mass is 16.3. The number of aromatic nitrogens is 2. The van der Waals surface area contributed by atoms with Crippen LogP contribution in [0.1, 0.15) is 0 Å². The van der Waals surface area contributed by atoms with E-state index < -0.39 is 6.10 Å². The number of hydrogen-bond donors (Lipinski definition) is 2. The first-order valence-electron chi connectivity index (χ1n) is 5.70. The molecule has 2 aromatic rings. The van der Waals surface area contributed by atoms with Crippen LogP contribution in [0.5, 0.6) is 0 Å². The number of hydrogen-bond acceptors (Lipinski definition) is 3. The molecule has 0 fully saturated rings. The Morgan fingerprint density at radius 1 is 1.35 bits per heavy atom. The van der Waals surface area contributed by atoms with Crippen LogP contribution < -0.4 is 5.32 Å². The lowest BCUT2D eigenvalue weighted by Gasteiger charge is -2.13. The van der Waals surface area contributed by atoms with Gasteiger partial charge < -0.3 is 15.0 Å². The van der Waals surface area contributed by atoms with Crippen molar-refractivity contribution in [1.82, 2.24) is 14.9 Å². The van der Waals surface area contributed by atoms with E-state index in [0.29, 0.717) is 13.1 Å². The topological polar surface area (TPSA) is 50.1 Å². The molecule has 1 aromatic heterocycles. The van der Waals surface area contributed by atoms with E-state index in [9.17, 15) is 5.11 Å². The Hall–Kier alpha value is -1.65. The lowest BCUT2D eigenvalue weighted by Crippen LogP contribution is -2.27. The third-order valence-electron chi connectivity index (χ3n) is 2.59. The van der Waals surface area contributed by atoms with Gasteiger partial charge in [0.1, 0.15) is 5.82 Å². The van der Waals surface area contributed by atoms with E-state index >= 15 is 0 Å². The minimum Gasteiger partial charge on any atom is -0.390 e. The van der Waals surface area contributed by atoms with Gasteiger partial charge in [0.05, 0.1) is 12.6 Å². The number of aliphatic hydroxyl groups excluding tert-OH is 1. The van der Waals surface area contributed by atoms with E-state index in [0.717, 1.165) is 11.4 Å². The predicted molar refractivity (Wildman–Crippen MR) is 67.6 cm³/mol. The molecule has 0 aliphatic rings. The van der Waals surface area contributed by atoms with Crippen LogP contribution in [0.2, 0.25) is 0 Å². The molecule has 0 amide bonds. The fourth-order valence-electron chi connectivity index (χ4n) is 1.83. The molecule has 0 radical (unpaired) electrons. The van der Waals surface area contributed by atoms with Gasteiger partial charge in [-0.2, -0.15) is 0 Å². The highest BCUT2D eigenvalue weighted by Gasteiger charge is 2.09. The van der Waals surface area contributed by atoms with E-state index in [1.54, 1.807) is 6.20 Å². The fraction of sp³-hybridized carbons (Fsp3) is 0.308. The van der Waals surface area contributed by atoms with Crippen molar-refractivity contribution in [2.75, 3.05) is 13.6 Å². The van der Waals surface area contributed by atoms with Crippen LogP contribution in [-0.2, 0) is 6.54 Å². The summed E-state index contributed by atoms with van der Waals surface area (Å²) in [7, 11) is 1.83. The van der Waals surface area contributed by atoms with Gasteiger partial charge >= 0.3 is 0 Å². The zero-order valence-electron chi connectivity index (χ0n) is 9.87. The lowest BCUT2D eigenvalue weighted by atomic mass is 10.2. The van der Waals surface area contributed by atoms with Crippen LogP contribution in [0.15, 0.2) is 42.7 Å². The van der Waals surface area contributed by atoms with Gasteiger partial charge in [-0.3, -0.25) is 0 Å². The SMILES string of the molecule is CNCC(O)Cn1ccnc1-c1ccccc1. The molecule has 1 atom stereocenters. The summed E-state index contributed by atoms with van der Waals surface area (Å²) < 4.78 is 1.97. The maximum absolute atomic E-state index is 9.78. The van der Waals surface area contributed by atoms with Crippen molar-refractivity contribution in [2.45, 2.75) is 12.6 Å². The molecule has 4 nitrogen and oxygen atoms in total. The number of likely N-dealkylation sites (N-methyl/N-ethyl adjacent to an activating group) is 1. The molecule has 90 valence electrons. The summed E-state index contributed by atoms with van der Waals surface area (Å²) in [5.41, 5.74) is 1.06. The molecule has 1 aromatic carbocycles. The van der Waals surface area contributed by atoms with Gasteiger partial charge in [0, 0.05) is 24.5 Å². The number of nitrogens with one attached hydrogen (secondary N) is 1. The largest absolute Gasteiger partial charge is 0.390 e. The Labute approximate surface area is 101 Å². The minimum atomic E-state index is -0.406. The zero-order chi connectivity index (χ0) is 12.1. The predicted octanol–water partition coefficient (Wildman–Crippen LogP) is 1.13. The molecule has 17 heavy (non-hydrogen) atoms. The van der Waals surface area contributed by atoms with Gasteiger partial charge in [-0.05, 0) is 7.05 Å². The standard InChI is InChI=1S/C13H17N3O/c1-14-9-12(17)10-16-8-7-15-13(16)11-5-3-2-4-6-11/h2-8,12,14,17H,9-10H2,1H3. The van der Waals surface area contributed by atoms with Crippen LogP contribution in [0.3, 0.4) is 0 Å². The summed E-state index contributed by atoms with van der Waals surface area (Å²) in [4.78, 5) is 4.33. The fourth-order valence-corrected chi connectivity index (χ4v) is 1.83. The second-order valence-corrected chi connectivity index (χ2v) is 3.98. The van der Waals surface area contributed by atoms with Crippen molar-refractivity contribution in [1.29, 1.82) is 0 Å². The van der Waals surface area contributed by atoms with E-state index in [1.807, 2.05) is 48.1 Å². The van der Waals surface area contributed by atoms with Gasteiger partial charge in [-0.25, -0.2) is 4.98 Å². The highest BCUT2D eigenvalue weighted by Crippen LogP contribution is 2.16.